The molecule has 1 aromatic heterocycles. The van der Waals surface area contributed by atoms with Crippen LogP contribution in [0.25, 0.3) is 11.3 Å². The van der Waals surface area contributed by atoms with Crippen molar-refractivity contribution in [3.63, 3.8) is 0 Å². The molecule has 0 fully saturated rings. The van der Waals surface area contributed by atoms with E-state index in [4.69, 9.17) is 0 Å². The zero-order valence-electron chi connectivity index (χ0n) is 12.7. The van der Waals surface area contributed by atoms with E-state index >= 15 is 0 Å². The molecule has 1 atom stereocenters. The highest BCUT2D eigenvalue weighted by atomic mass is 32.2. The molecule has 2 aromatic rings. The monoisotopic (exact) mass is 363 g/mol. The number of carbonyl (C=O) groups excluding carboxylic acids is 1. The van der Waals surface area contributed by atoms with Crippen molar-refractivity contribution in [2.45, 2.75) is 18.6 Å². The van der Waals surface area contributed by atoms with Gasteiger partial charge in [-0.25, -0.2) is 4.98 Å². The van der Waals surface area contributed by atoms with Crippen LogP contribution in [0.3, 0.4) is 0 Å². The summed E-state index contributed by atoms with van der Waals surface area (Å²) >= 11 is 4.75. The van der Waals surface area contributed by atoms with Crippen LogP contribution < -0.4 is 5.32 Å². The van der Waals surface area contributed by atoms with Gasteiger partial charge >= 0.3 is 0 Å². The third-order valence-corrected chi connectivity index (χ3v) is 6.59. The van der Waals surface area contributed by atoms with Crippen LogP contribution in [0, 0.1) is 0 Å². The molecule has 1 N–H and O–H groups in total. The maximum atomic E-state index is 12.4. The average Bonchev–Trinajstić information content (AvgIpc) is 3.25. The van der Waals surface area contributed by atoms with Gasteiger partial charge in [-0.3, -0.25) is 9.79 Å². The van der Waals surface area contributed by atoms with Gasteiger partial charge in [0.05, 0.1) is 17.5 Å². The summed E-state index contributed by atoms with van der Waals surface area (Å²) < 4.78 is 1.02. The van der Waals surface area contributed by atoms with Gasteiger partial charge in [-0.05, 0) is 6.42 Å². The van der Waals surface area contributed by atoms with Gasteiger partial charge in [0.15, 0.2) is 5.13 Å². The van der Waals surface area contributed by atoms with Gasteiger partial charge in [-0.15, -0.1) is 11.3 Å². The summed E-state index contributed by atoms with van der Waals surface area (Å²) in [5.41, 5.74) is 1.95. The Labute approximate surface area is 148 Å². The van der Waals surface area contributed by atoms with Crippen LogP contribution in [-0.2, 0) is 4.79 Å². The van der Waals surface area contributed by atoms with Gasteiger partial charge in [0.2, 0.25) is 5.91 Å². The first-order valence-electron chi connectivity index (χ1n) is 7.42. The Morgan fingerprint density at radius 1 is 1.39 bits per heavy atom. The number of carbonyl (C=O) groups is 1. The fourth-order valence-electron chi connectivity index (χ4n) is 2.09. The Hall–Kier alpha value is -1.31. The zero-order chi connectivity index (χ0) is 16.1. The largest absolute Gasteiger partial charge is 0.301 e. The summed E-state index contributed by atoms with van der Waals surface area (Å²) in [5.74, 6) is 1.02. The molecule has 0 radical (unpaired) electrons. The van der Waals surface area contributed by atoms with Gasteiger partial charge < -0.3 is 5.32 Å². The first-order valence-corrected chi connectivity index (χ1v) is 10.2. The lowest BCUT2D eigenvalue weighted by Crippen LogP contribution is -2.25. The number of nitrogens with zero attached hydrogens (tertiary/aromatic N) is 2. The van der Waals surface area contributed by atoms with Crippen molar-refractivity contribution < 1.29 is 4.79 Å². The van der Waals surface area contributed by atoms with E-state index in [0.717, 1.165) is 34.4 Å². The highest BCUT2D eigenvalue weighted by Crippen LogP contribution is 2.29. The maximum Gasteiger partial charge on any atom is 0.239 e. The number of amides is 1. The molecule has 0 bridgehead atoms. The average molecular weight is 364 g/mol. The first-order chi connectivity index (χ1) is 11.3. The number of rotatable bonds is 5. The van der Waals surface area contributed by atoms with E-state index in [0.29, 0.717) is 5.13 Å². The lowest BCUT2D eigenvalue weighted by molar-refractivity contribution is -0.115. The summed E-state index contributed by atoms with van der Waals surface area (Å²) in [5, 5.41) is 5.43. The fraction of sp³-hybridized carbons (Fsp3) is 0.312. The smallest absolute Gasteiger partial charge is 0.239 e. The number of nitrogens with one attached hydrogen (secondary N) is 1. The predicted octanol–water partition coefficient (Wildman–Crippen LogP) is 4.36. The van der Waals surface area contributed by atoms with Gasteiger partial charge in [-0.1, -0.05) is 60.8 Å². The van der Waals surface area contributed by atoms with E-state index in [-0.39, 0.29) is 11.2 Å². The Morgan fingerprint density at radius 2 is 2.22 bits per heavy atom. The highest BCUT2D eigenvalue weighted by Gasteiger charge is 2.22. The fourth-order valence-corrected chi connectivity index (χ4v) is 4.96. The number of thiazole rings is 1. The number of aromatic nitrogens is 1. The molecule has 4 nitrogen and oxygen atoms in total. The SMILES string of the molecule is CC[C@H](SC1=NCCS1)C(=O)Nc1nc(-c2ccccc2)cs1. The number of aliphatic imine (C=N–C) groups is 1. The Bertz CT molecular complexity index is 700. The summed E-state index contributed by atoms with van der Waals surface area (Å²) in [7, 11) is 0. The molecule has 1 amide bonds. The number of anilines is 1. The number of thioether (sulfide) groups is 2. The van der Waals surface area contributed by atoms with Crippen molar-refractivity contribution in [3.8, 4) is 11.3 Å². The molecule has 3 rings (SSSR count). The summed E-state index contributed by atoms with van der Waals surface area (Å²) in [6.45, 7) is 2.88. The molecule has 1 aromatic carbocycles. The molecule has 0 aliphatic carbocycles. The standard InChI is InChI=1S/C16H17N3OS3/c1-2-13(23-16-17-8-9-21-16)14(20)19-15-18-12(10-22-15)11-6-4-3-5-7-11/h3-7,10,13H,2,8-9H2,1H3,(H,18,19,20)/t13-/m0/s1. The van der Waals surface area contributed by atoms with Crippen molar-refractivity contribution >= 4 is 50.3 Å². The van der Waals surface area contributed by atoms with E-state index in [2.05, 4.69) is 15.3 Å². The molecule has 7 heteroatoms. The van der Waals surface area contributed by atoms with Crippen LogP contribution in [0.5, 0.6) is 0 Å². The second kappa shape index (κ2) is 7.99. The van der Waals surface area contributed by atoms with Gasteiger partial charge in [-0.2, -0.15) is 0 Å². The van der Waals surface area contributed by atoms with Gasteiger partial charge in [0, 0.05) is 16.7 Å². The topological polar surface area (TPSA) is 54.4 Å². The minimum atomic E-state index is -0.122. The van der Waals surface area contributed by atoms with Crippen LogP contribution in [0.4, 0.5) is 5.13 Å². The van der Waals surface area contributed by atoms with Crippen molar-refractivity contribution in [1.82, 2.24) is 4.98 Å². The van der Waals surface area contributed by atoms with E-state index in [1.165, 1.54) is 11.3 Å². The van der Waals surface area contributed by atoms with Crippen molar-refractivity contribution in [2.24, 2.45) is 4.99 Å². The normalized spacial score (nSPS) is 15.3. The van der Waals surface area contributed by atoms with Crippen molar-refractivity contribution in [2.75, 3.05) is 17.6 Å². The molecule has 0 saturated heterocycles. The molecule has 1 aliphatic rings. The maximum absolute atomic E-state index is 12.4. The van der Waals surface area contributed by atoms with Crippen molar-refractivity contribution in [3.05, 3.63) is 35.7 Å². The molecule has 120 valence electrons. The van der Waals surface area contributed by atoms with E-state index in [1.807, 2.05) is 42.6 Å². The summed E-state index contributed by atoms with van der Waals surface area (Å²) in [6, 6.07) is 9.97. The lowest BCUT2D eigenvalue weighted by Gasteiger charge is -2.12. The lowest BCUT2D eigenvalue weighted by atomic mass is 10.2. The van der Waals surface area contributed by atoms with Crippen LogP contribution in [0.1, 0.15) is 13.3 Å². The second-order valence-corrected chi connectivity index (χ2v) is 8.30. The molecule has 0 unspecified atom stereocenters. The summed E-state index contributed by atoms with van der Waals surface area (Å²) in [6.07, 6.45) is 0.771. The number of hydrogen-bond donors (Lipinski definition) is 1. The molecule has 23 heavy (non-hydrogen) atoms. The van der Waals surface area contributed by atoms with Crippen molar-refractivity contribution in [1.29, 1.82) is 0 Å². The van der Waals surface area contributed by atoms with Crippen LogP contribution in [-0.4, -0.2) is 32.8 Å². The first kappa shape index (κ1) is 16.5. The second-order valence-electron chi connectivity index (χ2n) is 4.90. The minimum Gasteiger partial charge on any atom is -0.301 e. The quantitative estimate of drug-likeness (QED) is 0.857. The third kappa shape index (κ3) is 4.37. The van der Waals surface area contributed by atoms with Crippen LogP contribution in [0.2, 0.25) is 0 Å². The van der Waals surface area contributed by atoms with Crippen LogP contribution >= 0.6 is 34.9 Å². The zero-order valence-corrected chi connectivity index (χ0v) is 15.1. The summed E-state index contributed by atoms with van der Waals surface area (Å²) in [4.78, 5) is 21.4. The Morgan fingerprint density at radius 3 is 2.91 bits per heavy atom. The minimum absolute atomic E-state index is 0.00154. The molecule has 1 aliphatic heterocycles. The highest BCUT2D eigenvalue weighted by molar-refractivity contribution is 8.39. The molecule has 0 spiro atoms. The van der Waals surface area contributed by atoms with Crippen LogP contribution in [0.15, 0.2) is 40.7 Å². The van der Waals surface area contributed by atoms with E-state index in [9.17, 15) is 4.79 Å². The van der Waals surface area contributed by atoms with E-state index in [1.54, 1.807) is 23.5 Å². The van der Waals surface area contributed by atoms with Gasteiger partial charge in [0.1, 0.15) is 4.38 Å². The Balaban J connectivity index is 1.64. The van der Waals surface area contributed by atoms with Gasteiger partial charge in [0.25, 0.3) is 0 Å². The third-order valence-electron chi connectivity index (χ3n) is 3.27. The molecular formula is C16H17N3OS3. The number of benzene rings is 1. The van der Waals surface area contributed by atoms with E-state index < -0.39 is 0 Å². The Kier molecular flexibility index (Phi) is 5.75. The molecule has 2 heterocycles. The molecular weight excluding hydrogens is 346 g/mol. The molecule has 0 saturated carbocycles. The number of hydrogen-bond acceptors (Lipinski definition) is 6. The predicted molar refractivity (Wildman–Crippen MR) is 103 cm³/mol.